The van der Waals surface area contributed by atoms with Crippen molar-refractivity contribution >= 4 is 34.3 Å². The van der Waals surface area contributed by atoms with Gasteiger partial charge in [-0.3, -0.25) is 4.79 Å². The summed E-state index contributed by atoms with van der Waals surface area (Å²) in [5.74, 6) is -0.0313. The third-order valence-corrected chi connectivity index (χ3v) is 4.53. The Morgan fingerprint density at radius 2 is 2.11 bits per heavy atom. The lowest BCUT2D eigenvalue weighted by Crippen LogP contribution is -2.06. The van der Waals surface area contributed by atoms with Gasteiger partial charge in [-0.25, -0.2) is 0 Å². The van der Waals surface area contributed by atoms with Gasteiger partial charge in [-0.15, -0.1) is 11.3 Å². The summed E-state index contributed by atoms with van der Waals surface area (Å²) in [5.41, 5.74) is 8.17. The molecule has 0 aliphatic heterocycles. The Hall–Kier alpha value is -1.58. The predicted octanol–water partition coefficient (Wildman–Crippen LogP) is 3.83. The summed E-state index contributed by atoms with van der Waals surface area (Å²) < 4.78 is 0. The quantitative estimate of drug-likeness (QED) is 0.913. The molecule has 19 heavy (non-hydrogen) atoms. The minimum atomic E-state index is -0.131. The molecule has 1 atom stereocenters. The minimum Gasteiger partial charge on any atom is -0.401 e. The highest BCUT2D eigenvalue weighted by Gasteiger charge is 2.34. The number of rotatable bonds is 2. The first-order chi connectivity index (χ1) is 9.16. The van der Waals surface area contributed by atoms with Crippen LogP contribution >= 0.6 is 22.9 Å². The normalized spacial score (nSPS) is 19.2. The summed E-state index contributed by atoms with van der Waals surface area (Å²) in [6, 6.07) is 11.2. The number of hydrogen-bond acceptors (Lipinski definition) is 3. The Balaban J connectivity index is 1.99. The number of carbonyl (C=O) groups is 1. The third-order valence-electron chi connectivity index (χ3n) is 3.31. The number of Topliss-reactive ketones (excluding diaryl/α,β-unsaturated/α-hetero) is 1. The molecule has 1 unspecified atom stereocenters. The van der Waals surface area contributed by atoms with E-state index in [4.69, 9.17) is 17.3 Å². The van der Waals surface area contributed by atoms with Crippen molar-refractivity contribution < 1.29 is 4.79 Å². The molecule has 1 aromatic heterocycles. The zero-order chi connectivity index (χ0) is 13.4. The summed E-state index contributed by atoms with van der Waals surface area (Å²) in [6.07, 6.45) is 0.598. The van der Waals surface area contributed by atoms with E-state index in [1.165, 1.54) is 0 Å². The van der Waals surface area contributed by atoms with Crippen molar-refractivity contribution in [2.45, 2.75) is 12.3 Å². The van der Waals surface area contributed by atoms with Crippen molar-refractivity contribution in [3.05, 3.63) is 62.9 Å². The van der Waals surface area contributed by atoms with Gasteiger partial charge in [-0.05, 0) is 29.1 Å². The molecule has 0 radical (unpaired) electrons. The van der Waals surface area contributed by atoms with Crippen LogP contribution in [0.5, 0.6) is 0 Å². The van der Waals surface area contributed by atoms with Gasteiger partial charge in [0.05, 0.1) is 5.92 Å². The van der Waals surface area contributed by atoms with Crippen LogP contribution in [0.15, 0.2) is 47.5 Å². The molecule has 0 bridgehead atoms. The Labute approximate surface area is 120 Å². The molecule has 2 aromatic rings. The third kappa shape index (κ3) is 2.20. The highest BCUT2D eigenvalue weighted by molar-refractivity contribution is 7.10. The molecule has 0 amide bonds. The van der Waals surface area contributed by atoms with E-state index in [1.54, 1.807) is 23.5 Å². The van der Waals surface area contributed by atoms with Crippen molar-refractivity contribution in [2.24, 2.45) is 5.73 Å². The van der Waals surface area contributed by atoms with Crippen LogP contribution in [0.2, 0.25) is 5.02 Å². The van der Waals surface area contributed by atoms with Gasteiger partial charge >= 0.3 is 0 Å². The number of thiophene rings is 1. The fourth-order valence-electron chi connectivity index (χ4n) is 2.44. The van der Waals surface area contributed by atoms with E-state index in [2.05, 4.69) is 0 Å². The van der Waals surface area contributed by atoms with Crippen LogP contribution in [0, 0.1) is 0 Å². The number of halogens is 1. The zero-order valence-electron chi connectivity index (χ0n) is 10.1. The summed E-state index contributed by atoms with van der Waals surface area (Å²) in [7, 11) is 0. The smallest absolute Gasteiger partial charge is 0.173 e. The molecule has 0 spiro atoms. The topological polar surface area (TPSA) is 43.1 Å². The van der Waals surface area contributed by atoms with E-state index >= 15 is 0 Å². The fraction of sp³-hybridized carbons (Fsp3) is 0.133. The molecule has 3 rings (SSSR count). The highest BCUT2D eigenvalue weighted by Crippen LogP contribution is 2.40. The first-order valence-electron chi connectivity index (χ1n) is 5.99. The predicted molar refractivity (Wildman–Crippen MR) is 79.2 cm³/mol. The lowest BCUT2D eigenvalue weighted by Gasteiger charge is -2.06. The summed E-state index contributed by atoms with van der Waals surface area (Å²) >= 11 is 7.58. The molecule has 2 nitrogen and oxygen atoms in total. The lowest BCUT2D eigenvalue weighted by atomic mass is 9.98. The summed E-state index contributed by atoms with van der Waals surface area (Å²) in [5, 5.41) is 2.60. The van der Waals surface area contributed by atoms with Crippen LogP contribution in [0.4, 0.5) is 0 Å². The van der Waals surface area contributed by atoms with Crippen molar-refractivity contribution in [1.82, 2.24) is 0 Å². The van der Waals surface area contributed by atoms with Crippen LogP contribution < -0.4 is 5.73 Å². The average Bonchev–Trinajstić information content (AvgIpc) is 2.97. The molecular formula is C15H12ClNOS. The first kappa shape index (κ1) is 12.5. The largest absolute Gasteiger partial charge is 0.401 e. The maximum absolute atomic E-state index is 12.6. The Morgan fingerprint density at radius 3 is 2.79 bits per heavy atom. The lowest BCUT2D eigenvalue weighted by molar-refractivity contribution is -0.114. The van der Waals surface area contributed by atoms with Crippen molar-refractivity contribution in [1.29, 1.82) is 0 Å². The minimum absolute atomic E-state index is 0.0993. The molecule has 1 aliphatic carbocycles. The number of allylic oxidation sites excluding steroid dienone is 2. The summed E-state index contributed by atoms with van der Waals surface area (Å²) in [6.45, 7) is 0. The second-order valence-electron chi connectivity index (χ2n) is 4.55. The maximum Gasteiger partial charge on any atom is 0.173 e. The van der Waals surface area contributed by atoms with Gasteiger partial charge in [0.15, 0.2) is 5.78 Å². The Bertz CT molecular complexity index is 661. The molecule has 0 fully saturated rings. The van der Waals surface area contributed by atoms with Gasteiger partial charge in [-0.1, -0.05) is 29.8 Å². The fourth-order valence-corrected chi connectivity index (χ4v) is 3.45. The van der Waals surface area contributed by atoms with Gasteiger partial charge in [0.25, 0.3) is 0 Å². The maximum atomic E-state index is 12.6. The highest BCUT2D eigenvalue weighted by atomic mass is 35.5. The summed E-state index contributed by atoms with van der Waals surface area (Å²) in [4.78, 5) is 13.6. The van der Waals surface area contributed by atoms with E-state index in [-0.39, 0.29) is 11.7 Å². The number of carbonyl (C=O) groups excluding carboxylic acids is 1. The monoisotopic (exact) mass is 289 g/mol. The Kier molecular flexibility index (Phi) is 3.17. The van der Waals surface area contributed by atoms with E-state index in [0.717, 1.165) is 10.4 Å². The molecule has 96 valence electrons. The molecule has 1 heterocycles. The van der Waals surface area contributed by atoms with Gasteiger partial charge in [0.1, 0.15) is 0 Å². The van der Waals surface area contributed by atoms with Crippen LogP contribution in [-0.2, 0) is 4.79 Å². The zero-order valence-corrected chi connectivity index (χ0v) is 11.7. The van der Waals surface area contributed by atoms with E-state index in [0.29, 0.717) is 22.7 Å². The average molecular weight is 290 g/mol. The molecule has 1 aliphatic rings. The number of ketones is 1. The van der Waals surface area contributed by atoms with E-state index < -0.39 is 0 Å². The van der Waals surface area contributed by atoms with E-state index in [9.17, 15) is 4.79 Å². The number of hydrogen-bond donors (Lipinski definition) is 1. The first-order valence-corrected chi connectivity index (χ1v) is 7.25. The molecule has 0 saturated carbocycles. The molecule has 1 aromatic carbocycles. The van der Waals surface area contributed by atoms with Crippen molar-refractivity contribution in [3.63, 3.8) is 0 Å². The van der Waals surface area contributed by atoms with Gasteiger partial charge < -0.3 is 5.73 Å². The molecule has 0 saturated heterocycles. The van der Waals surface area contributed by atoms with Gasteiger partial charge in [0, 0.05) is 27.6 Å². The van der Waals surface area contributed by atoms with E-state index in [1.807, 2.05) is 29.6 Å². The molecule has 2 N–H and O–H groups in total. The molecule has 4 heteroatoms. The molecular weight excluding hydrogens is 278 g/mol. The van der Waals surface area contributed by atoms with Crippen molar-refractivity contribution in [3.8, 4) is 0 Å². The van der Waals surface area contributed by atoms with Crippen LogP contribution in [0.3, 0.4) is 0 Å². The number of nitrogens with two attached hydrogens (primary N) is 1. The van der Waals surface area contributed by atoms with Gasteiger partial charge in [0.2, 0.25) is 0 Å². The Morgan fingerprint density at radius 1 is 1.26 bits per heavy atom. The van der Waals surface area contributed by atoms with Crippen LogP contribution in [0.1, 0.15) is 22.8 Å². The van der Waals surface area contributed by atoms with Crippen LogP contribution in [0.25, 0.3) is 5.57 Å². The number of benzene rings is 1. The second kappa shape index (κ2) is 4.83. The standard InChI is InChI=1S/C15H12ClNOS/c16-10-4-1-3-9(7-10)14-12(17)8-11(15(14)18)13-5-2-6-19-13/h1-7,11H,8,17H2. The second-order valence-corrected chi connectivity index (χ2v) is 5.96. The van der Waals surface area contributed by atoms with Crippen molar-refractivity contribution in [2.75, 3.05) is 0 Å². The SMILES string of the molecule is NC1=C(c2cccc(Cl)c2)C(=O)C(c2cccs2)C1. The van der Waals surface area contributed by atoms with Gasteiger partial charge in [-0.2, -0.15) is 0 Å². The van der Waals surface area contributed by atoms with Crippen LogP contribution in [-0.4, -0.2) is 5.78 Å².